The van der Waals surface area contributed by atoms with Crippen LogP contribution in [0.15, 0.2) is 4.52 Å². The van der Waals surface area contributed by atoms with Gasteiger partial charge in [-0.2, -0.15) is 0 Å². The molecule has 0 N–H and O–H groups in total. The average Bonchev–Trinajstić information content (AvgIpc) is 2.42. The van der Waals surface area contributed by atoms with Crippen LogP contribution >= 0.6 is 0 Å². The quantitative estimate of drug-likeness (QED) is 0.650. The van der Waals surface area contributed by atoms with Gasteiger partial charge in [0.25, 0.3) is 5.69 Å². The number of hydrogen-bond acceptors (Lipinski definition) is 2. The highest BCUT2D eigenvalue weighted by atomic mass is 16.5. The molecule has 0 saturated carbocycles. The predicted molar refractivity (Wildman–Crippen MR) is 69.1 cm³/mol. The SMILES string of the molecule is CC(C)(C)c1on[n+](C(C)(C)C)c1C(C)(C)C. The summed E-state index contributed by atoms with van der Waals surface area (Å²) in [6.45, 7) is 19.6. The van der Waals surface area contributed by atoms with Crippen LogP contribution in [0, 0.1) is 0 Å². The molecule has 0 aromatic carbocycles. The molecule has 0 fully saturated rings. The summed E-state index contributed by atoms with van der Waals surface area (Å²) in [6, 6.07) is 0. The van der Waals surface area contributed by atoms with Crippen LogP contribution in [0.2, 0.25) is 0 Å². The maximum absolute atomic E-state index is 5.63. The first-order chi connectivity index (χ1) is 7.35. The lowest BCUT2D eigenvalue weighted by Crippen LogP contribution is -2.57. The first kappa shape index (κ1) is 14.2. The third-order valence-corrected chi connectivity index (χ3v) is 2.67. The smallest absolute Gasteiger partial charge is 0.259 e. The van der Waals surface area contributed by atoms with Crippen molar-refractivity contribution >= 4 is 0 Å². The van der Waals surface area contributed by atoms with Crippen LogP contribution < -0.4 is 4.68 Å². The standard InChI is InChI=1S/C14H27N2O/c1-12(2,3)10-11(13(4,5)6)17-15-16(10)14(7,8)9/h1-9H3/q+1. The van der Waals surface area contributed by atoms with E-state index in [-0.39, 0.29) is 16.4 Å². The van der Waals surface area contributed by atoms with Crippen LogP contribution in [0.1, 0.15) is 73.8 Å². The Labute approximate surface area is 105 Å². The molecule has 0 aliphatic heterocycles. The molecule has 0 atom stereocenters. The number of rotatable bonds is 0. The fraction of sp³-hybridized carbons (Fsp3) is 0.857. The third-order valence-electron chi connectivity index (χ3n) is 2.67. The molecule has 1 heterocycles. The lowest BCUT2D eigenvalue weighted by molar-refractivity contribution is -0.820. The second kappa shape index (κ2) is 3.82. The summed E-state index contributed by atoms with van der Waals surface area (Å²) in [5.41, 5.74) is 1.13. The zero-order valence-electron chi connectivity index (χ0n) is 12.8. The van der Waals surface area contributed by atoms with Crippen molar-refractivity contribution in [2.45, 2.75) is 78.7 Å². The van der Waals surface area contributed by atoms with E-state index in [9.17, 15) is 0 Å². The summed E-state index contributed by atoms with van der Waals surface area (Å²) in [6.07, 6.45) is 0. The van der Waals surface area contributed by atoms with Crippen LogP contribution in [-0.4, -0.2) is 5.27 Å². The number of aromatic nitrogens is 2. The maximum Gasteiger partial charge on any atom is 0.259 e. The summed E-state index contributed by atoms with van der Waals surface area (Å²) in [5, 5.41) is 4.26. The third kappa shape index (κ3) is 2.88. The Balaban J connectivity index is 3.53. The highest BCUT2D eigenvalue weighted by Crippen LogP contribution is 2.32. The molecule has 0 radical (unpaired) electrons. The monoisotopic (exact) mass is 239 g/mol. The molecule has 0 spiro atoms. The minimum absolute atomic E-state index is 0.0217. The van der Waals surface area contributed by atoms with Crippen molar-refractivity contribution in [2.75, 3.05) is 0 Å². The molecule has 3 nitrogen and oxygen atoms in total. The zero-order chi connectivity index (χ0) is 13.6. The van der Waals surface area contributed by atoms with Gasteiger partial charge in [0.2, 0.25) is 5.76 Å². The lowest BCUT2D eigenvalue weighted by Gasteiger charge is -2.21. The fourth-order valence-electron chi connectivity index (χ4n) is 1.87. The van der Waals surface area contributed by atoms with Crippen LogP contribution in [0.25, 0.3) is 0 Å². The average molecular weight is 239 g/mol. The maximum atomic E-state index is 5.63. The predicted octanol–water partition coefficient (Wildman–Crippen LogP) is 3.31. The Kier molecular flexibility index (Phi) is 3.19. The van der Waals surface area contributed by atoms with Gasteiger partial charge >= 0.3 is 0 Å². The minimum Gasteiger partial charge on any atom is -0.305 e. The topological polar surface area (TPSA) is 29.9 Å². The molecule has 3 heteroatoms. The van der Waals surface area contributed by atoms with Crippen molar-refractivity contribution < 1.29 is 9.20 Å². The zero-order valence-corrected chi connectivity index (χ0v) is 12.8. The molecular weight excluding hydrogens is 212 g/mol. The van der Waals surface area contributed by atoms with Crippen molar-refractivity contribution in [3.63, 3.8) is 0 Å². The molecule has 1 aromatic rings. The van der Waals surface area contributed by atoms with Crippen molar-refractivity contribution in [2.24, 2.45) is 0 Å². The molecule has 0 aliphatic carbocycles. The van der Waals surface area contributed by atoms with Crippen LogP contribution in [-0.2, 0) is 16.4 Å². The molecule has 98 valence electrons. The van der Waals surface area contributed by atoms with E-state index in [1.54, 1.807) is 0 Å². The van der Waals surface area contributed by atoms with Crippen LogP contribution in [0.3, 0.4) is 0 Å². The molecule has 1 aromatic heterocycles. The van der Waals surface area contributed by atoms with E-state index in [1.807, 2.05) is 4.68 Å². The van der Waals surface area contributed by atoms with Gasteiger partial charge in [-0.15, -0.1) is 0 Å². The van der Waals surface area contributed by atoms with Gasteiger partial charge in [-0.1, -0.05) is 20.8 Å². The largest absolute Gasteiger partial charge is 0.305 e. The summed E-state index contributed by atoms with van der Waals surface area (Å²) in [4.78, 5) is 0. The highest BCUT2D eigenvalue weighted by molar-refractivity contribution is 5.18. The van der Waals surface area contributed by atoms with Gasteiger partial charge in [0, 0.05) is 26.2 Å². The van der Waals surface area contributed by atoms with E-state index in [0.717, 1.165) is 5.76 Å². The molecular formula is C14H27N2O+. The minimum atomic E-state index is -0.0599. The summed E-state index contributed by atoms with van der Waals surface area (Å²) >= 11 is 0. The van der Waals surface area contributed by atoms with E-state index in [0.29, 0.717) is 0 Å². The Morgan fingerprint density at radius 3 is 1.59 bits per heavy atom. The normalized spacial score (nSPS) is 14.2. The van der Waals surface area contributed by atoms with Gasteiger partial charge < -0.3 is 4.52 Å². The van der Waals surface area contributed by atoms with Gasteiger partial charge in [0.15, 0.2) is 10.8 Å². The van der Waals surface area contributed by atoms with Crippen molar-refractivity contribution in [3.05, 3.63) is 11.5 Å². The van der Waals surface area contributed by atoms with Gasteiger partial charge in [-0.25, -0.2) is 0 Å². The Hall–Kier alpha value is -0.860. The van der Waals surface area contributed by atoms with Gasteiger partial charge in [0.05, 0.1) is 5.41 Å². The van der Waals surface area contributed by atoms with Crippen molar-refractivity contribution in [3.8, 4) is 0 Å². The molecule has 0 bridgehead atoms. The molecule has 17 heavy (non-hydrogen) atoms. The Morgan fingerprint density at radius 1 is 0.824 bits per heavy atom. The second-order valence-electron chi connectivity index (χ2n) is 7.83. The second-order valence-corrected chi connectivity index (χ2v) is 7.83. The van der Waals surface area contributed by atoms with E-state index in [4.69, 9.17) is 4.52 Å². The fourth-order valence-corrected chi connectivity index (χ4v) is 1.87. The van der Waals surface area contributed by atoms with Crippen LogP contribution in [0.4, 0.5) is 0 Å². The highest BCUT2D eigenvalue weighted by Gasteiger charge is 2.44. The van der Waals surface area contributed by atoms with E-state index >= 15 is 0 Å². The van der Waals surface area contributed by atoms with E-state index in [2.05, 4.69) is 67.6 Å². The Bertz CT molecular complexity index is 366. The first-order valence-corrected chi connectivity index (χ1v) is 6.28. The van der Waals surface area contributed by atoms with Crippen molar-refractivity contribution in [1.29, 1.82) is 0 Å². The van der Waals surface area contributed by atoms with Gasteiger partial charge in [-0.3, -0.25) is 0 Å². The Morgan fingerprint density at radius 2 is 1.29 bits per heavy atom. The molecule has 0 unspecified atom stereocenters. The van der Waals surface area contributed by atoms with Crippen molar-refractivity contribution in [1.82, 2.24) is 5.27 Å². The van der Waals surface area contributed by atoms with Gasteiger partial charge in [0.1, 0.15) is 0 Å². The number of nitrogens with zero attached hydrogens (tertiary/aromatic N) is 2. The molecule has 0 saturated heterocycles. The lowest BCUT2D eigenvalue weighted by atomic mass is 9.82. The summed E-state index contributed by atoms with van der Waals surface area (Å²) in [7, 11) is 0. The molecule has 1 rings (SSSR count). The van der Waals surface area contributed by atoms with E-state index < -0.39 is 0 Å². The summed E-state index contributed by atoms with van der Waals surface area (Å²) < 4.78 is 7.65. The molecule has 0 aliphatic rings. The number of hydrogen-bond donors (Lipinski definition) is 0. The summed E-state index contributed by atoms with van der Waals surface area (Å²) in [5.74, 6) is 0.986. The van der Waals surface area contributed by atoms with Crippen LogP contribution in [0.5, 0.6) is 0 Å². The molecule has 0 amide bonds. The van der Waals surface area contributed by atoms with E-state index in [1.165, 1.54) is 5.69 Å². The first-order valence-electron chi connectivity index (χ1n) is 6.28. The van der Waals surface area contributed by atoms with Gasteiger partial charge in [-0.05, 0) is 25.5 Å².